The largest absolute Gasteiger partial charge is 0.516 e. The van der Waals surface area contributed by atoms with Crippen molar-refractivity contribution in [3.05, 3.63) is 76.0 Å². The molecule has 2 aromatic heterocycles. The minimum atomic E-state index is -5.70. The number of primary amides is 1. The number of aromatic nitrogens is 3. The average Bonchev–Trinajstić information content (AvgIpc) is 3.39. The van der Waals surface area contributed by atoms with E-state index in [1.165, 1.54) is 30.7 Å². The van der Waals surface area contributed by atoms with E-state index in [9.17, 15) is 26.4 Å². The number of anilines is 1. The van der Waals surface area contributed by atoms with Crippen molar-refractivity contribution in [1.82, 2.24) is 14.5 Å². The molecule has 208 valence electrons. The summed E-state index contributed by atoms with van der Waals surface area (Å²) in [7, 11) is -5.70. The smallest absolute Gasteiger partial charge is 0.472 e. The zero-order valence-corrected chi connectivity index (χ0v) is 23.4. The Morgan fingerprint density at radius 3 is 2.55 bits per heavy atom. The number of sulfonamides is 1. The van der Waals surface area contributed by atoms with E-state index in [1.807, 2.05) is 11.5 Å². The Balaban J connectivity index is 1.77. The summed E-state index contributed by atoms with van der Waals surface area (Å²) in [6.45, 7) is 3.83. The second-order valence-electron chi connectivity index (χ2n) is 8.98. The van der Waals surface area contributed by atoms with Gasteiger partial charge in [-0.05, 0) is 57.7 Å². The van der Waals surface area contributed by atoms with Crippen molar-refractivity contribution in [3.63, 3.8) is 0 Å². The van der Waals surface area contributed by atoms with E-state index in [-0.39, 0.29) is 23.5 Å². The van der Waals surface area contributed by atoms with Gasteiger partial charge in [0.1, 0.15) is 17.0 Å². The maximum absolute atomic E-state index is 13.3. The first kappa shape index (κ1) is 27.6. The van der Waals surface area contributed by atoms with Crippen LogP contribution in [0.15, 0.2) is 57.8 Å². The van der Waals surface area contributed by atoms with E-state index in [1.54, 1.807) is 29.8 Å². The molecule has 0 saturated heterocycles. The highest BCUT2D eigenvalue weighted by molar-refractivity contribution is 9.10. The number of imidazole rings is 1. The normalized spacial score (nSPS) is 12.3. The molecule has 0 saturated carbocycles. The molecule has 0 spiro atoms. The topological polar surface area (TPSA) is 133 Å². The van der Waals surface area contributed by atoms with Gasteiger partial charge in [0.2, 0.25) is 0 Å². The minimum Gasteiger partial charge on any atom is -0.472 e. The summed E-state index contributed by atoms with van der Waals surface area (Å²) in [6, 6.07) is 9.07. The number of aryl methyl sites for hydroxylation is 2. The molecule has 0 atom stereocenters. The van der Waals surface area contributed by atoms with Crippen LogP contribution < -0.4 is 10.5 Å². The molecule has 14 heteroatoms. The predicted octanol–water partition coefficient (Wildman–Crippen LogP) is 5.84. The zero-order valence-electron chi connectivity index (χ0n) is 21.0. The van der Waals surface area contributed by atoms with Crippen molar-refractivity contribution in [1.29, 1.82) is 0 Å². The molecular weight excluding hydrogens is 615 g/mol. The van der Waals surface area contributed by atoms with Gasteiger partial charge in [-0.2, -0.15) is 21.6 Å². The Bertz CT molecular complexity index is 1860. The van der Waals surface area contributed by atoms with Crippen molar-refractivity contribution < 1.29 is 30.8 Å². The number of alkyl halides is 3. The Morgan fingerprint density at radius 2 is 1.88 bits per heavy atom. The number of carbonyl (C=O) groups is 1. The van der Waals surface area contributed by atoms with Crippen LogP contribution in [0, 0.1) is 6.92 Å². The highest BCUT2D eigenvalue weighted by atomic mass is 79.9. The molecule has 2 aliphatic rings. The molecular formula is C26H21BrF3N5O4S. The van der Waals surface area contributed by atoms with Gasteiger partial charge in [-0.3, -0.25) is 9.52 Å². The van der Waals surface area contributed by atoms with Crippen LogP contribution in [0.1, 0.15) is 34.4 Å². The first-order valence-electron chi connectivity index (χ1n) is 11.8. The Kier molecular flexibility index (Phi) is 6.86. The number of carbonyl (C=O) groups excluding carboxylic acids is 1. The quantitative estimate of drug-likeness (QED) is 0.231. The van der Waals surface area contributed by atoms with Gasteiger partial charge in [-0.1, -0.05) is 25.1 Å². The molecule has 1 aromatic carbocycles. The highest BCUT2D eigenvalue weighted by Crippen LogP contribution is 2.48. The molecule has 0 fully saturated rings. The van der Waals surface area contributed by atoms with Crippen molar-refractivity contribution in [2.45, 2.75) is 32.3 Å². The molecule has 0 bridgehead atoms. The fraction of sp³-hybridized carbons (Fsp3) is 0.192. The summed E-state index contributed by atoms with van der Waals surface area (Å²) in [6.07, 6.45) is 3.45. The third-order valence-electron chi connectivity index (χ3n) is 6.48. The molecule has 1 aliphatic heterocycles. The van der Waals surface area contributed by atoms with E-state index >= 15 is 0 Å². The lowest BCUT2D eigenvalue weighted by Crippen LogP contribution is -2.30. The minimum absolute atomic E-state index is 0.0632. The average molecular weight is 636 g/mol. The maximum Gasteiger partial charge on any atom is 0.516 e. The highest BCUT2D eigenvalue weighted by Gasteiger charge is 2.46. The van der Waals surface area contributed by atoms with E-state index in [0.717, 1.165) is 0 Å². The SMILES string of the molecule is CCc1nc2c(C)cc(C(N)=O)nc2n1Cc1c2ccocc-2c(Br)c1-c1ccccc1NS(=O)(=O)C(F)(F)F. The number of para-hydroxylation sites is 1. The summed E-state index contributed by atoms with van der Waals surface area (Å²) in [5, 5.41) is 0. The van der Waals surface area contributed by atoms with Crippen LogP contribution in [0.3, 0.4) is 0 Å². The van der Waals surface area contributed by atoms with E-state index < -0.39 is 21.4 Å². The van der Waals surface area contributed by atoms with Gasteiger partial charge in [0, 0.05) is 27.6 Å². The third kappa shape index (κ3) is 4.60. The van der Waals surface area contributed by atoms with Gasteiger partial charge >= 0.3 is 15.5 Å². The number of hydrogen-bond acceptors (Lipinski definition) is 6. The van der Waals surface area contributed by atoms with Gasteiger partial charge in [0.15, 0.2) is 5.65 Å². The van der Waals surface area contributed by atoms with Gasteiger partial charge in [0.25, 0.3) is 5.91 Å². The predicted molar refractivity (Wildman–Crippen MR) is 146 cm³/mol. The summed E-state index contributed by atoms with van der Waals surface area (Å²) in [4.78, 5) is 21.1. The van der Waals surface area contributed by atoms with Crippen molar-refractivity contribution >= 4 is 48.7 Å². The number of benzene rings is 1. The monoisotopic (exact) mass is 635 g/mol. The second-order valence-corrected chi connectivity index (χ2v) is 11.4. The molecule has 3 aromatic rings. The molecule has 40 heavy (non-hydrogen) atoms. The van der Waals surface area contributed by atoms with Crippen molar-refractivity contribution in [3.8, 4) is 22.3 Å². The number of nitrogens with one attached hydrogen (secondary N) is 1. The van der Waals surface area contributed by atoms with Crippen LogP contribution in [-0.4, -0.2) is 34.4 Å². The number of rotatable bonds is 7. The lowest BCUT2D eigenvalue weighted by Gasteiger charge is -2.16. The number of hydrogen-bond donors (Lipinski definition) is 2. The van der Waals surface area contributed by atoms with Crippen LogP contribution >= 0.6 is 15.9 Å². The Morgan fingerprint density at radius 1 is 1.15 bits per heavy atom. The van der Waals surface area contributed by atoms with E-state index in [4.69, 9.17) is 15.1 Å². The third-order valence-corrected chi connectivity index (χ3v) is 8.40. The molecule has 5 rings (SSSR count). The molecule has 3 N–H and O–H groups in total. The van der Waals surface area contributed by atoms with E-state index in [2.05, 4.69) is 20.9 Å². The first-order chi connectivity index (χ1) is 18.8. The summed E-state index contributed by atoms with van der Waals surface area (Å²) in [5.41, 5.74) is 4.09. The van der Waals surface area contributed by atoms with Gasteiger partial charge in [0.05, 0.1) is 24.8 Å². The maximum atomic E-state index is 13.3. The number of amides is 1. The number of fused-ring (bicyclic) bond motifs is 2. The number of halogens is 4. The molecule has 3 heterocycles. The van der Waals surface area contributed by atoms with Crippen LogP contribution in [0.5, 0.6) is 0 Å². The Hall–Kier alpha value is -3.91. The summed E-state index contributed by atoms with van der Waals surface area (Å²) in [5.74, 6) is -0.0548. The molecule has 1 amide bonds. The van der Waals surface area contributed by atoms with Crippen molar-refractivity contribution in [2.24, 2.45) is 5.73 Å². The van der Waals surface area contributed by atoms with Crippen molar-refractivity contribution in [2.75, 3.05) is 4.72 Å². The number of nitrogens with two attached hydrogens (primary N) is 1. The standard InChI is InChI=1S/C26H21BrF3N5O4S/c1-3-20-33-23-13(2)10-19(24(31)36)32-25(23)35(20)11-16-14-8-9-39-12-17(14)22(27)21(16)15-6-4-5-7-18(15)34-40(37,38)26(28,29)30/h4-10,12,34H,3,11H2,1-2H3,(H2,31,36). The molecule has 0 unspecified atom stereocenters. The van der Waals surface area contributed by atoms with Crippen LogP contribution in [0.2, 0.25) is 0 Å². The lowest BCUT2D eigenvalue weighted by molar-refractivity contribution is -0.0429. The fourth-order valence-corrected chi connectivity index (χ4v) is 5.99. The first-order valence-corrected chi connectivity index (χ1v) is 14.1. The zero-order chi connectivity index (χ0) is 29.0. The van der Waals surface area contributed by atoms with Crippen LogP contribution in [0.4, 0.5) is 18.9 Å². The van der Waals surface area contributed by atoms with Gasteiger partial charge in [-0.25, -0.2) is 9.97 Å². The molecule has 9 nitrogen and oxygen atoms in total. The van der Waals surface area contributed by atoms with Crippen LogP contribution in [-0.2, 0) is 23.0 Å². The lowest BCUT2D eigenvalue weighted by atomic mass is 10.0. The van der Waals surface area contributed by atoms with Gasteiger partial charge < -0.3 is 14.7 Å². The summed E-state index contributed by atoms with van der Waals surface area (Å²) >= 11 is 3.56. The Labute approximate surface area is 234 Å². The van der Waals surface area contributed by atoms with Gasteiger partial charge in [-0.15, -0.1) is 0 Å². The van der Waals surface area contributed by atoms with Crippen LogP contribution in [0.25, 0.3) is 33.4 Å². The molecule has 0 radical (unpaired) electrons. The second kappa shape index (κ2) is 9.93. The fourth-order valence-electron chi connectivity index (χ4n) is 4.65. The molecule has 1 aliphatic carbocycles. The number of pyridine rings is 1. The number of nitrogens with zero attached hydrogens (tertiary/aromatic N) is 3. The summed E-state index contributed by atoms with van der Waals surface area (Å²) < 4.78 is 73.2. The van der Waals surface area contributed by atoms with E-state index in [0.29, 0.717) is 55.7 Å².